The van der Waals surface area contributed by atoms with Gasteiger partial charge in [-0.1, -0.05) is 0 Å². The molecule has 1 amide bonds. The van der Waals surface area contributed by atoms with Crippen molar-refractivity contribution in [1.82, 2.24) is 15.4 Å². The molecule has 0 radical (unpaired) electrons. The van der Waals surface area contributed by atoms with Crippen LogP contribution in [0.5, 0.6) is 17.2 Å². The molecule has 2 aromatic rings. The highest BCUT2D eigenvalue weighted by Gasteiger charge is 2.20. The Balaban J connectivity index is 2.09. The Morgan fingerprint density at radius 3 is 2.31 bits per heavy atom. The topological polar surface area (TPSA) is 115 Å². The molecule has 10 heteroatoms. The number of hydrogen-bond donors (Lipinski definition) is 2. The summed E-state index contributed by atoms with van der Waals surface area (Å²) in [5, 5.41) is 8.88. The molecule has 2 N–H and O–H groups in total. The molecule has 1 aromatic heterocycles. The van der Waals surface area contributed by atoms with E-state index in [0.717, 1.165) is 0 Å². The SMILES string of the molecule is COc1cc(-c2nc(CC(=O)NO)cc(N3CCOCC3)n2)cc(OC)c1OC. The second-order valence-electron chi connectivity index (χ2n) is 6.27. The first-order valence-electron chi connectivity index (χ1n) is 9.03. The van der Waals surface area contributed by atoms with Crippen LogP contribution in [0.3, 0.4) is 0 Å². The maximum absolute atomic E-state index is 11.7. The minimum atomic E-state index is -0.563. The van der Waals surface area contributed by atoms with Crippen LogP contribution in [0.25, 0.3) is 11.4 Å². The summed E-state index contributed by atoms with van der Waals surface area (Å²) < 4.78 is 21.6. The number of morpholine rings is 1. The van der Waals surface area contributed by atoms with Gasteiger partial charge in [0.15, 0.2) is 17.3 Å². The number of ether oxygens (including phenoxy) is 4. The maximum atomic E-state index is 11.7. The van der Waals surface area contributed by atoms with E-state index in [0.29, 0.717) is 66.5 Å². The van der Waals surface area contributed by atoms with Gasteiger partial charge in [0.2, 0.25) is 11.7 Å². The summed E-state index contributed by atoms with van der Waals surface area (Å²) in [6.45, 7) is 2.54. The number of nitrogens with one attached hydrogen (secondary N) is 1. The highest BCUT2D eigenvalue weighted by Crippen LogP contribution is 2.40. The number of hydrogen-bond acceptors (Lipinski definition) is 9. The van der Waals surface area contributed by atoms with Crippen LogP contribution in [-0.4, -0.2) is 68.7 Å². The minimum absolute atomic E-state index is 0.0895. The molecule has 0 bridgehead atoms. The first-order chi connectivity index (χ1) is 14.1. The summed E-state index contributed by atoms with van der Waals surface area (Å²) in [4.78, 5) is 22.9. The van der Waals surface area contributed by atoms with Crippen molar-refractivity contribution in [2.75, 3.05) is 52.5 Å². The van der Waals surface area contributed by atoms with Gasteiger partial charge >= 0.3 is 0 Å². The average molecular weight is 404 g/mol. The standard InChI is InChI=1S/C19H24N4O6/c1-26-14-8-12(9-15(27-2)18(14)28-3)19-20-13(11-17(24)22-25)10-16(21-19)23-4-6-29-7-5-23/h8-10,25H,4-7,11H2,1-3H3,(H,22,24). The van der Waals surface area contributed by atoms with Crippen LogP contribution in [0.15, 0.2) is 18.2 Å². The van der Waals surface area contributed by atoms with Crippen molar-refractivity contribution in [2.24, 2.45) is 0 Å². The van der Waals surface area contributed by atoms with E-state index in [1.165, 1.54) is 21.3 Å². The lowest BCUT2D eigenvalue weighted by atomic mass is 10.1. The van der Waals surface area contributed by atoms with Crippen molar-refractivity contribution in [3.8, 4) is 28.6 Å². The third-order valence-corrected chi connectivity index (χ3v) is 4.49. The number of carbonyl (C=O) groups excluding carboxylic acids is 1. The molecule has 0 saturated carbocycles. The lowest BCUT2D eigenvalue weighted by Gasteiger charge is -2.28. The number of methoxy groups -OCH3 is 3. The third-order valence-electron chi connectivity index (χ3n) is 4.49. The lowest BCUT2D eigenvalue weighted by molar-refractivity contribution is -0.128. The van der Waals surface area contributed by atoms with Crippen molar-refractivity contribution < 1.29 is 28.9 Å². The van der Waals surface area contributed by atoms with E-state index in [4.69, 9.17) is 24.2 Å². The van der Waals surface area contributed by atoms with Gasteiger partial charge in [-0.25, -0.2) is 15.4 Å². The molecular weight excluding hydrogens is 380 g/mol. The number of carbonyl (C=O) groups is 1. The van der Waals surface area contributed by atoms with Gasteiger partial charge in [-0.05, 0) is 12.1 Å². The number of nitrogens with zero attached hydrogens (tertiary/aromatic N) is 3. The first kappa shape index (κ1) is 20.6. The predicted molar refractivity (Wildman–Crippen MR) is 104 cm³/mol. The van der Waals surface area contributed by atoms with Crippen molar-refractivity contribution in [2.45, 2.75) is 6.42 Å². The summed E-state index contributed by atoms with van der Waals surface area (Å²) in [6, 6.07) is 5.23. The Labute approximate surface area is 168 Å². The van der Waals surface area contributed by atoms with Crippen LogP contribution in [0.1, 0.15) is 5.69 Å². The molecule has 0 spiro atoms. The third kappa shape index (κ3) is 4.66. The van der Waals surface area contributed by atoms with Gasteiger partial charge in [-0.15, -0.1) is 0 Å². The number of hydroxylamine groups is 1. The fraction of sp³-hybridized carbons (Fsp3) is 0.421. The number of anilines is 1. The van der Waals surface area contributed by atoms with Gasteiger partial charge in [0.05, 0.1) is 46.7 Å². The van der Waals surface area contributed by atoms with E-state index in [9.17, 15) is 4.79 Å². The van der Waals surface area contributed by atoms with E-state index in [2.05, 4.69) is 14.9 Å². The Bertz CT molecular complexity index is 845. The minimum Gasteiger partial charge on any atom is -0.493 e. The summed E-state index contributed by atoms with van der Waals surface area (Å²) in [5.41, 5.74) is 2.74. The molecule has 1 aliphatic heterocycles. The van der Waals surface area contributed by atoms with Crippen molar-refractivity contribution >= 4 is 11.7 Å². The van der Waals surface area contributed by atoms with Crippen LogP contribution >= 0.6 is 0 Å². The Morgan fingerprint density at radius 2 is 1.76 bits per heavy atom. The molecule has 1 fully saturated rings. The van der Waals surface area contributed by atoms with E-state index in [-0.39, 0.29) is 6.42 Å². The van der Waals surface area contributed by atoms with Gasteiger partial charge in [0.1, 0.15) is 5.82 Å². The van der Waals surface area contributed by atoms with Crippen LogP contribution in [0.4, 0.5) is 5.82 Å². The van der Waals surface area contributed by atoms with Gasteiger partial charge in [-0.3, -0.25) is 10.0 Å². The van der Waals surface area contributed by atoms with Gasteiger partial charge in [0.25, 0.3) is 0 Å². The number of aromatic nitrogens is 2. The van der Waals surface area contributed by atoms with Gasteiger partial charge < -0.3 is 23.8 Å². The van der Waals surface area contributed by atoms with Crippen LogP contribution < -0.4 is 24.6 Å². The average Bonchev–Trinajstić information content (AvgIpc) is 2.78. The lowest BCUT2D eigenvalue weighted by Crippen LogP contribution is -2.37. The van der Waals surface area contributed by atoms with Crippen molar-refractivity contribution in [3.63, 3.8) is 0 Å². The van der Waals surface area contributed by atoms with Gasteiger partial charge in [-0.2, -0.15) is 0 Å². The van der Waals surface area contributed by atoms with Crippen LogP contribution in [0.2, 0.25) is 0 Å². The zero-order valence-corrected chi connectivity index (χ0v) is 16.6. The molecule has 0 unspecified atom stereocenters. The van der Waals surface area contributed by atoms with E-state index in [1.54, 1.807) is 23.7 Å². The fourth-order valence-electron chi connectivity index (χ4n) is 3.07. The normalized spacial score (nSPS) is 13.7. The van der Waals surface area contributed by atoms with E-state index < -0.39 is 5.91 Å². The smallest absolute Gasteiger partial charge is 0.249 e. The monoisotopic (exact) mass is 404 g/mol. The second kappa shape index (κ2) is 9.39. The largest absolute Gasteiger partial charge is 0.493 e. The first-order valence-corrected chi connectivity index (χ1v) is 9.03. The quantitative estimate of drug-likeness (QED) is 0.516. The van der Waals surface area contributed by atoms with E-state index in [1.807, 2.05) is 0 Å². The fourth-order valence-corrected chi connectivity index (χ4v) is 3.07. The zero-order valence-electron chi connectivity index (χ0n) is 16.6. The second-order valence-corrected chi connectivity index (χ2v) is 6.27. The van der Waals surface area contributed by atoms with Crippen LogP contribution in [-0.2, 0) is 16.0 Å². The predicted octanol–water partition coefficient (Wildman–Crippen LogP) is 1.05. The van der Waals surface area contributed by atoms with E-state index >= 15 is 0 Å². The summed E-state index contributed by atoms with van der Waals surface area (Å²) in [7, 11) is 4.59. The molecule has 1 saturated heterocycles. The zero-order chi connectivity index (χ0) is 20.8. The maximum Gasteiger partial charge on any atom is 0.249 e. The summed E-state index contributed by atoms with van der Waals surface area (Å²) >= 11 is 0. The van der Waals surface area contributed by atoms with Gasteiger partial charge in [0, 0.05) is 24.7 Å². The molecule has 156 valence electrons. The van der Waals surface area contributed by atoms with Crippen molar-refractivity contribution in [1.29, 1.82) is 0 Å². The molecular formula is C19H24N4O6. The Kier molecular flexibility index (Phi) is 6.68. The molecule has 2 heterocycles. The Morgan fingerprint density at radius 1 is 1.10 bits per heavy atom. The highest BCUT2D eigenvalue weighted by molar-refractivity contribution is 5.77. The summed E-state index contributed by atoms with van der Waals surface area (Å²) in [5.74, 6) is 1.91. The highest BCUT2D eigenvalue weighted by atomic mass is 16.5. The number of rotatable bonds is 7. The number of amides is 1. The molecule has 29 heavy (non-hydrogen) atoms. The Hall–Kier alpha value is -3.11. The van der Waals surface area contributed by atoms with Crippen LogP contribution in [0, 0.1) is 0 Å². The molecule has 0 atom stereocenters. The molecule has 0 aliphatic carbocycles. The molecule has 1 aliphatic rings. The van der Waals surface area contributed by atoms with Crippen molar-refractivity contribution in [3.05, 3.63) is 23.9 Å². The molecule has 1 aromatic carbocycles. The molecule has 3 rings (SSSR count). The summed E-state index contributed by atoms with van der Waals surface area (Å²) in [6.07, 6.45) is -0.0895. The molecule has 10 nitrogen and oxygen atoms in total. The number of benzene rings is 1.